The van der Waals surface area contributed by atoms with Crippen LogP contribution in [-0.2, 0) is 6.42 Å². The van der Waals surface area contributed by atoms with Gasteiger partial charge >= 0.3 is 0 Å². The lowest BCUT2D eigenvalue weighted by molar-refractivity contribution is 0.102. The number of aromatic nitrogens is 4. The zero-order valence-electron chi connectivity index (χ0n) is 12.9. The van der Waals surface area contributed by atoms with Crippen molar-refractivity contribution >= 4 is 28.9 Å². The zero-order valence-corrected chi connectivity index (χ0v) is 14.5. The second kappa shape index (κ2) is 7.06. The summed E-state index contributed by atoms with van der Waals surface area (Å²) in [4.78, 5) is 14.3. The minimum atomic E-state index is 0.109. The lowest BCUT2D eigenvalue weighted by Gasteiger charge is -2.04. The van der Waals surface area contributed by atoms with Crippen molar-refractivity contribution in [2.45, 2.75) is 25.4 Å². The van der Waals surface area contributed by atoms with E-state index >= 15 is 0 Å². The number of aryl methyl sites for hydroxylation is 2. The van der Waals surface area contributed by atoms with Gasteiger partial charge in [0, 0.05) is 4.88 Å². The Morgan fingerprint density at radius 1 is 1.22 bits per heavy atom. The quantitative estimate of drug-likeness (QED) is 0.505. The van der Waals surface area contributed by atoms with Gasteiger partial charge < -0.3 is 0 Å². The van der Waals surface area contributed by atoms with Crippen molar-refractivity contribution in [2.75, 3.05) is 5.75 Å². The molecule has 0 bridgehead atoms. The molecule has 3 aromatic rings. The van der Waals surface area contributed by atoms with Crippen molar-refractivity contribution in [1.29, 1.82) is 0 Å². The van der Waals surface area contributed by atoms with Crippen LogP contribution in [0.5, 0.6) is 0 Å². The molecular weight excluding hydrogens is 328 g/mol. The van der Waals surface area contributed by atoms with Gasteiger partial charge in [-0.25, -0.2) is 0 Å². The molecule has 1 aromatic carbocycles. The Bertz CT molecular complexity index is 808. The third kappa shape index (κ3) is 3.68. The number of carbonyl (C=O) groups is 1. The fourth-order valence-corrected chi connectivity index (χ4v) is 3.79. The molecule has 2 aromatic heterocycles. The van der Waals surface area contributed by atoms with Gasteiger partial charge in [-0.3, -0.25) is 4.79 Å². The standard InChI is InChI=1S/C16H16N4OS2/c1-3-13-8-9-15(23-13)14(21)10-22-16-17-18-19-20(16)12-6-4-11(2)5-7-12/h4-9H,3,10H2,1-2H3. The minimum absolute atomic E-state index is 0.109. The molecule has 0 aliphatic carbocycles. The summed E-state index contributed by atoms with van der Waals surface area (Å²) in [6, 6.07) is 11.9. The summed E-state index contributed by atoms with van der Waals surface area (Å²) >= 11 is 2.92. The molecule has 0 radical (unpaired) electrons. The number of hydrogen-bond donors (Lipinski definition) is 0. The summed E-state index contributed by atoms with van der Waals surface area (Å²) in [5.74, 6) is 0.439. The van der Waals surface area contributed by atoms with Crippen LogP contribution in [-0.4, -0.2) is 31.7 Å². The van der Waals surface area contributed by atoms with Crippen LogP contribution in [0.2, 0.25) is 0 Å². The van der Waals surface area contributed by atoms with Crippen LogP contribution in [0.4, 0.5) is 0 Å². The van der Waals surface area contributed by atoms with Crippen LogP contribution in [0.1, 0.15) is 27.0 Å². The first-order valence-corrected chi connectivity index (χ1v) is 9.07. The van der Waals surface area contributed by atoms with E-state index in [1.165, 1.54) is 22.2 Å². The number of thioether (sulfide) groups is 1. The van der Waals surface area contributed by atoms with E-state index in [0.717, 1.165) is 17.0 Å². The molecule has 118 valence electrons. The van der Waals surface area contributed by atoms with Crippen molar-refractivity contribution in [2.24, 2.45) is 0 Å². The molecule has 2 heterocycles. The van der Waals surface area contributed by atoms with Gasteiger partial charge in [0.2, 0.25) is 5.16 Å². The Balaban J connectivity index is 1.70. The van der Waals surface area contributed by atoms with Crippen molar-refractivity contribution in [1.82, 2.24) is 20.2 Å². The van der Waals surface area contributed by atoms with Crippen LogP contribution in [0.3, 0.4) is 0 Å². The van der Waals surface area contributed by atoms with Crippen LogP contribution < -0.4 is 0 Å². The summed E-state index contributed by atoms with van der Waals surface area (Å²) in [6.07, 6.45) is 0.955. The zero-order chi connectivity index (χ0) is 16.2. The van der Waals surface area contributed by atoms with Crippen LogP contribution in [0.25, 0.3) is 5.69 Å². The van der Waals surface area contributed by atoms with Crippen LogP contribution >= 0.6 is 23.1 Å². The predicted molar refractivity (Wildman–Crippen MR) is 92.6 cm³/mol. The fourth-order valence-electron chi connectivity index (χ4n) is 2.04. The molecule has 0 fully saturated rings. The molecule has 7 heteroatoms. The molecule has 0 N–H and O–H groups in total. The van der Waals surface area contributed by atoms with E-state index in [9.17, 15) is 4.79 Å². The van der Waals surface area contributed by atoms with Gasteiger partial charge in [0.1, 0.15) is 0 Å². The molecular formula is C16H16N4OS2. The number of thiophene rings is 1. The summed E-state index contributed by atoms with van der Waals surface area (Å²) in [5, 5.41) is 12.4. The number of tetrazole rings is 1. The fraction of sp³-hybridized carbons (Fsp3) is 0.250. The number of nitrogens with zero attached hydrogens (tertiary/aromatic N) is 4. The number of carbonyl (C=O) groups excluding carboxylic acids is 1. The highest BCUT2D eigenvalue weighted by Crippen LogP contribution is 2.23. The highest BCUT2D eigenvalue weighted by Gasteiger charge is 2.14. The summed E-state index contributed by atoms with van der Waals surface area (Å²) in [5.41, 5.74) is 2.07. The highest BCUT2D eigenvalue weighted by molar-refractivity contribution is 7.99. The topological polar surface area (TPSA) is 60.7 Å². The Labute approximate surface area is 142 Å². The van der Waals surface area contributed by atoms with Crippen molar-refractivity contribution in [3.63, 3.8) is 0 Å². The Kier molecular flexibility index (Phi) is 4.88. The maximum atomic E-state index is 12.3. The normalized spacial score (nSPS) is 10.9. The van der Waals surface area contributed by atoms with Crippen molar-refractivity contribution < 1.29 is 4.79 Å². The predicted octanol–water partition coefficient (Wildman–Crippen LogP) is 3.57. The highest BCUT2D eigenvalue weighted by atomic mass is 32.2. The Hall–Kier alpha value is -1.99. The first kappa shape index (κ1) is 15.9. The van der Waals surface area contributed by atoms with Crippen LogP contribution in [0.15, 0.2) is 41.6 Å². The summed E-state index contributed by atoms with van der Waals surface area (Å²) in [7, 11) is 0. The van der Waals surface area contributed by atoms with E-state index in [0.29, 0.717) is 10.9 Å². The van der Waals surface area contributed by atoms with E-state index in [1.807, 2.05) is 43.3 Å². The van der Waals surface area contributed by atoms with E-state index in [4.69, 9.17) is 0 Å². The molecule has 0 amide bonds. The van der Waals surface area contributed by atoms with Gasteiger partial charge in [-0.1, -0.05) is 36.4 Å². The van der Waals surface area contributed by atoms with Gasteiger partial charge in [-0.2, -0.15) is 4.68 Å². The van der Waals surface area contributed by atoms with E-state index < -0.39 is 0 Å². The largest absolute Gasteiger partial charge is 0.292 e. The summed E-state index contributed by atoms with van der Waals surface area (Å²) < 4.78 is 1.66. The third-order valence-corrected chi connectivity index (χ3v) is 5.53. The van der Waals surface area contributed by atoms with Crippen molar-refractivity contribution in [3.8, 4) is 5.69 Å². The molecule has 0 aliphatic heterocycles. The SMILES string of the molecule is CCc1ccc(C(=O)CSc2nnnn2-c2ccc(C)cc2)s1. The van der Waals surface area contributed by atoms with Gasteiger partial charge in [0.15, 0.2) is 5.78 Å². The lowest BCUT2D eigenvalue weighted by Crippen LogP contribution is -2.03. The van der Waals surface area contributed by atoms with Crippen LogP contribution in [0, 0.1) is 6.92 Å². The third-order valence-electron chi connectivity index (χ3n) is 3.34. The van der Waals surface area contributed by atoms with Gasteiger partial charge in [0.05, 0.1) is 16.3 Å². The van der Waals surface area contributed by atoms with Crippen molar-refractivity contribution in [3.05, 3.63) is 51.7 Å². The molecule has 23 heavy (non-hydrogen) atoms. The number of hydrogen-bond acceptors (Lipinski definition) is 6. The molecule has 0 aliphatic rings. The average Bonchev–Trinajstić information content (AvgIpc) is 3.22. The van der Waals surface area contributed by atoms with Gasteiger partial charge in [0.25, 0.3) is 0 Å². The maximum absolute atomic E-state index is 12.3. The van der Waals surface area contributed by atoms with E-state index in [1.54, 1.807) is 16.0 Å². The number of benzene rings is 1. The molecule has 3 rings (SSSR count). The van der Waals surface area contributed by atoms with E-state index in [2.05, 4.69) is 22.4 Å². The first-order chi connectivity index (χ1) is 11.2. The second-order valence-corrected chi connectivity index (χ2v) is 7.15. The van der Waals surface area contributed by atoms with Gasteiger partial charge in [-0.15, -0.1) is 16.4 Å². The molecule has 0 saturated carbocycles. The molecule has 5 nitrogen and oxygen atoms in total. The number of rotatable bonds is 6. The maximum Gasteiger partial charge on any atom is 0.214 e. The smallest absolute Gasteiger partial charge is 0.214 e. The minimum Gasteiger partial charge on any atom is -0.292 e. The summed E-state index contributed by atoms with van der Waals surface area (Å²) in [6.45, 7) is 4.12. The van der Waals surface area contributed by atoms with Gasteiger partial charge in [-0.05, 0) is 48.0 Å². The average molecular weight is 344 g/mol. The number of ketones is 1. The lowest BCUT2D eigenvalue weighted by atomic mass is 10.2. The monoisotopic (exact) mass is 344 g/mol. The van der Waals surface area contributed by atoms with E-state index in [-0.39, 0.29) is 5.78 Å². The second-order valence-electron chi connectivity index (χ2n) is 5.04. The molecule has 0 saturated heterocycles. The first-order valence-electron chi connectivity index (χ1n) is 7.27. The molecule has 0 spiro atoms. The number of Topliss-reactive ketones (excluding diaryl/α,β-unsaturated/α-hetero) is 1. The Morgan fingerprint density at radius 2 is 2.00 bits per heavy atom. The molecule has 0 atom stereocenters. The molecule has 0 unspecified atom stereocenters. The Morgan fingerprint density at radius 3 is 2.70 bits per heavy atom.